The Morgan fingerprint density at radius 1 is 1.57 bits per heavy atom. The molecule has 120 valence electrons. The van der Waals surface area contributed by atoms with E-state index in [0.29, 0.717) is 5.92 Å². The molecule has 0 aliphatic heterocycles. The normalized spacial score (nSPS) is 12.4. The number of hydrogen-bond acceptors (Lipinski definition) is 2. The maximum Gasteiger partial charge on any atom is 0.193 e. The van der Waals surface area contributed by atoms with Gasteiger partial charge in [-0.1, -0.05) is 19.1 Å². The van der Waals surface area contributed by atoms with Crippen LogP contribution in [0.3, 0.4) is 0 Å². The number of nitrogens with zero attached hydrogens (tertiary/aromatic N) is 2. The molecular weight excluding hydrogens is 393 g/mol. The first-order valence-electron chi connectivity index (χ1n) is 7.32. The van der Waals surface area contributed by atoms with Gasteiger partial charge in [-0.15, -0.1) is 41.9 Å². The summed E-state index contributed by atoms with van der Waals surface area (Å²) in [6.07, 6.45) is 4.14. The highest BCUT2D eigenvalue weighted by Crippen LogP contribution is 2.20. The lowest BCUT2D eigenvalue weighted by Crippen LogP contribution is -2.39. The number of guanidine groups is 1. The van der Waals surface area contributed by atoms with Crippen LogP contribution in [0.15, 0.2) is 35.2 Å². The summed E-state index contributed by atoms with van der Waals surface area (Å²) in [5, 5.41) is 5.49. The zero-order chi connectivity index (χ0) is 14.8. The molecule has 1 rings (SSSR count). The van der Waals surface area contributed by atoms with Crippen LogP contribution in [0.2, 0.25) is 0 Å². The van der Waals surface area contributed by atoms with Crippen molar-refractivity contribution in [2.24, 2.45) is 4.99 Å². The van der Waals surface area contributed by atoms with E-state index in [2.05, 4.69) is 55.2 Å². The van der Waals surface area contributed by atoms with Gasteiger partial charge in [-0.3, -0.25) is 4.99 Å². The minimum Gasteiger partial charge on any atom is -0.357 e. The maximum absolute atomic E-state index is 4.76. The summed E-state index contributed by atoms with van der Waals surface area (Å²) in [5.41, 5.74) is 0. The summed E-state index contributed by atoms with van der Waals surface area (Å²) >= 11 is 1.81. The highest BCUT2D eigenvalue weighted by atomic mass is 127. The first-order valence-corrected chi connectivity index (χ1v) is 8.20. The Balaban J connectivity index is 0.00000400. The van der Waals surface area contributed by atoms with Gasteiger partial charge in [-0.2, -0.15) is 0 Å². The molecule has 1 unspecified atom stereocenters. The van der Waals surface area contributed by atoms with Crippen molar-refractivity contribution in [3.05, 3.63) is 35.0 Å². The van der Waals surface area contributed by atoms with Gasteiger partial charge in [-0.25, -0.2) is 0 Å². The number of thiophene rings is 1. The molecule has 0 radical (unpaired) electrons. The van der Waals surface area contributed by atoms with Gasteiger partial charge in [0.05, 0.1) is 6.54 Å². The smallest absolute Gasteiger partial charge is 0.193 e. The van der Waals surface area contributed by atoms with Gasteiger partial charge < -0.3 is 10.2 Å². The standard InChI is InChI=1S/C16H27N3S.HI/c1-5-7-8-11-19(4)16(17-6-2)18-13-14(3)15-10-9-12-20-15;/h5,9-10,12,14H,1,6-8,11,13H2,2-4H3,(H,17,18);1H. The highest BCUT2D eigenvalue weighted by molar-refractivity contribution is 14.0. The van der Waals surface area contributed by atoms with Gasteiger partial charge in [0.15, 0.2) is 5.96 Å². The SMILES string of the molecule is C=CCCCN(C)C(=NCC(C)c1cccs1)NCC.I. The van der Waals surface area contributed by atoms with E-state index in [1.54, 1.807) is 11.3 Å². The number of nitrogens with one attached hydrogen (secondary N) is 1. The zero-order valence-electron chi connectivity index (χ0n) is 13.3. The minimum atomic E-state index is 0. The molecule has 0 fully saturated rings. The Bertz CT molecular complexity index is 404. The first-order chi connectivity index (χ1) is 9.69. The van der Waals surface area contributed by atoms with Crippen molar-refractivity contribution in [1.82, 2.24) is 10.2 Å². The summed E-state index contributed by atoms with van der Waals surface area (Å²) < 4.78 is 0. The molecule has 0 aliphatic carbocycles. The van der Waals surface area contributed by atoms with Crippen molar-refractivity contribution >= 4 is 41.3 Å². The van der Waals surface area contributed by atoms with Crippen LogP contribution >= 0.6 is 35.3 Å². The number of halogens is 1. The lowest BCUT2D eigenvalue weighted by molar-refractivity contribution is 0.469. The third kappa shape index (κ3) is 7.85. The third-order valence-electron chi connectivity index (χ3n) is 3.14. The summed E-state index contributed by atoms with van der Waals surface area (Å²) in [6, 6.07) is 4.29. The second-order valence-corrected chi connectivity index (χ2v) is 5.94. The van der Waals surface area contributed by atoms with Gasteiger partial charge in [-0.05, 0) is 31.2 Å². The predicted molar refractivity (Wildman–Crippen MR) is 106 cm³/mol. The molecule has 3 nitrogen and oxygen atoms in total. The average molecular weight is 421 g/mol. The Hall–Kier alpha value is -0.560. The molecule has 0 saturated heterocycles. The fourth-order valence-electron chi connectivity index (χ4n) is 1.93. The molecule has 1 heterocycles. The molecule has 0 bridgehead atoms. The van der Waals surface area contributed by atoms with E-state index in [0.717, 1.165) is 38.4 Å². The molecule has 1 aromatic rings. The second-order valence-electron chi connectivity index (χ2n) is 4.96. The van der Waals surface area contributed by atoms with Gasteiger partial charge in [0.25, 0.3) is 0 Å². The largest absolute Gasteiger partial charge is 0.357 e. The summed E-state index contributed by atoms with van der Waals surface area (Å²) in [7, 11) is 2.10. The molecule has 1 atom stereocenters. The molecule has 0 aliphatic rings. The van der Waals surface area contributed by atoms with Gasteiger partial charge >= 0.3 is 0 Å². The monoisotopic (exact) mass is 421 g/mol. The van der Waals surface area contributed by atoms with Gasteiger partial charge in [0.2, 0.25) is 0 Å². The molecule has 0 saturated carbocycles. The lowest BCUT2D eigenvalue weighted by Gasteiger charge is -2.22. The number of unbranched alkanes of at least 4 members (excludes halogenated alkanes) is 1. The third-order valence-corrected chi connectivity index (χ3v) is 4.25. The minimum absolute atomic E-state index is 0. The Kier molecular flexibility index (Phi) is 11.7. The van der Waals surface area contributed by atoms with E-state index in [1.165, 1.54) is 4.88 Å². The molecule has 0 amide bonds. The summed E-state index contributed by atoms with van der Waals surface area (Å²) in [4.78, 5) is 8.36. The van der Waals surface area contributed by atoms with Gasteiger partial charge in [0.1, 0.15) is 0 Å². The fourth-order valence-corrected chi connectivity index (χ4v) is 2.71. The van der Waals surface area contributed by atoms with Crippen molar-refractivity contribution in [3.8, 4) is 0 Å². The predicted octanol–water partition coefficient (Wildman–Crippen LogP) is 4.33. The van der Waals surface area contributed by atoms with E-state index in [9.17, 15) is 0 Å². The summed E-state index contributed by atoms with van der Waals surface area (Å²) in [5.74, 6) is 1.48. The maximum atomic E-state index is 4.76. The molecule has 5 heteroatoms. The number of allylic oxidation sites excluding steroid dienone is 1. The molecular formula is C16H28IN3S. The van der Waals surface area contributed by atoms with Crippen LogP contribution in [0.1, 0.15) is 37.5 Å². The van der Waals surface area contributed by atoms with Crippen molar-refractivity contribution in [3.63, 3.8) is 0 Å². The van der Waals surface area contributed by atoms with E-state index in [-0.39, 0.29) is 24.0 Å². The van der Waals surface area contributed by atoms with E-state index >= 15 is 0 Å². The first kappa shape index (κ1) is 20.4. The molecule has 21 heavy (non-hydrogen) atoms. The fraction of sp³-hybridized carbons (Fsp3) is 0.562. The second kappa shape index (κ2) is 12.0. The Morgan fingerprint density at radius 2 is 2.33 bits per heavy atom. The van der Waals surface area contributed by atoms with Crippen LogP contribution in [-0.2, 0) is 0 Å². The van der Waals surface area contributed by atoms with Gasteiger partial charge in [0, 0.05) is 30.9 Å². The van der Waals surface area contributed by atoms with Crippen molar-refractivity contribution in [2.45, 2.75) is 32.6 Å². The Labute approximate surface area is 150 Å². The quantitative estimate of drug-likeness (QED) is 0.222. The van der Waals surface area contributed by atoms with Crippen molar-refractivity contribution in [1.29, 1.82) is 0 Å². The van der Waals surface area contributed by atoms with Crippen LogP contribution < -0.4 is 5.32 Å². The number of aliphatic imine (C=N–C) groups is 1. The van der Waals surface area contributed by atoms with Crippen LogP contribution in [-0.4, -0.2) is 37.5 Å². The van der Waals surface area contributed by atoms with Crippen LogP contribution in [0.25, 0.3) is 0 Å². The van der Waals surface area contributed by atoms with Crippen LogP contribution in [0, 0.1) is 0 Å². The average Bonchev–Trinajstić information content (AvgIpc) is 2.97. The zero-order valence-corrected chi connectivity index (χ0v) is 16.5. The van der Waals surface area contributed by atoms with Crippen LogP contribution in [0.5, 0.6) is 0 Å². The number of hydrogen-bond donors (Lipinski definition) is 1. The van der Waals surface area contributed by atoms with E-state index < -0.39 is 0 Å². The Morgan fingerprint density at radius 3 is 2.90 bits per heavy atom. The van der Waals surface area contributed by atoms with Crippen molar-refractivity contribution < 1.29 is 0 Å². The highest BCUT2D eigenvalue weighted by Gasteiger charge is 2.08. The van der Waals surface area contributed by atoms with E-state index in [1.807, 2.05) is 6.08 Å². The molecule has 0 aromatic carbocycles. The molecule has 1 N–H and O–H groups in total. The van der Waals surface area contributed by atoms with Crippen molar-refractivity contribution in [2.75, 3.05) is 26.7 Å². The lowest BCUT2D eigenvalue weighted by atomic mass is 10.1. The van der Waals surface area contributed by atoms with E-state index in [4.69, 9.17) is 4.99 Å². The molecule has 1 aromatic heterocycles. The summed E-state index contributed by atoms with van der Waals surface area (Å²) in [6.45, 7) is 10.8. The molecule has 0 spiro atoms. The number of rotatable bonds is 8. The topological polar surface area (TPSA) is 27.6 Å². The van der Waals surface area contributed by atoms with Crippen LogP contribution in [0.4, 0.5) is 0 Å².